The molecule has 0 saturated carbocycles. The van der Waals surface area contributed by atoms with Crippen molar-refractivity contribution in [3.05, 3.63) is 42.5 Å². The van der Waals surface area contributed by atoms with Gasteiger partial charge >= 0.3 is 0 Å². The van der Waals surface area contributed by atoms with Gasteiger partial charge in [-0.25, -0.2) is 0 Å². The van der Waals surface area contributed by atoms with Crippen molar-refractivity contribution < 1.29 is 14.3 Å². The molecule has 0 bridgehead atoms. The second-order valence-electron chi connectivity index (χ2n) is 5.74. The summed E-state index contributed by atoms with van der Waals surface area (Å²) in [6.45, 7) is 6.12. The molecule has 0 atom stereocenters. The van der Waals surface area contributed by atoms with Crippen molar-refractivity contribution in [2.75, 3.05) is 6.61 Å². The molecule has 0 heterocycles. The molecule has 26 heavy (non-hydrogen) atoms. The Hall–Kier alpha value is -2.41. The van der Waals surface area contributed by atoms with E-state index in [4.69, 9.17) is 17.0 Å². The number of thiocarbonyl (C=S) groups is 1. The Labute approximate surface area is 160 Å². The number of hydrogen-bond acceptors (Lipinski definition) is 4. The topological polar surface area (TPSA) is 79.5 Å². The first-order valence-electron chi connectivity index (χ1n) is 8.80. The Balaban J connectivity index is 2.27. The average Bonchev–Trinajstić information content (AvgIpc) is 2.64. The lowest BCUT2D eigenvalue weighted by Gasteiger charge is -2.11. The molecule has 0 aliphatic rings. The van der Waals surface area contributed by atoms with Crippen LogP contribution in [0, 0.1) is 0 Å². The summed E-state index contributed by atoms with van der Waals surface area (Å²) in [6.07, 6.45) is 7.43. The van der Waals surface area contributed by atoms with Crippen molar-refractivity contribution in [1.82, 2.24) is 16.2 Å². The van der Waals surface area contributed by atoms with Crippen LogP contribution in [0.15, 0.2) is 36.9 Å². The Morgan fingerprint density at radius 2 is 1.81 bits per heavy atom. The van der Waals surface area contributed by atoms with Crippen molar-refractivity contribution in [3.8, 4) is 5.75 Å². The summed E-state index contributed by atoms with van der Waals surface area (Å²) in [5, 5.41) is 2.62. The monoisotopic (exact) mass is 377 g/mol. The van der Waals surface area contributed by atoms with Crippen molar-refractivity contribution in [2.45, 2.75) is 45.4 Å². The van der Waals surface area contributed by atoms with Gasteiger partial charge in [-0.05, 0) is 42.9 Å². The third-order valence-corrected chi connectivity index (χ3v) is 3.74. The van der Waals surface area contributed by atoms with Crippen LogP contribution >= 0.6 is 12.2 Å². The molecule has 142 valence electrons. The summed E-state index contributed by atoms with van der Waals surface area (Å²) in [7, 11) is 0. The maximum atomic E-state index is 12.0. The van der Waals surface area contributed by atoms with E-state index in [2.05, 4.69) is 29.7 Å². The van der Waals surface area contributed by atoms with Crippen LogP contribution in [0.1, 0.15) is 55.8 Å². The Bertz CT molecular complexity index is 603. The molecule has 1 aromatic carbocycles. The second kappa shape index (κ2) is 12.9. The van der Waals surface area contributed by atoms with Crippen molar-refractivity contribution in [3.63, 3.8) is 0 Å². The fourth-order valence-electron chi connectivity index (χ4n) is 2.15. The van der Waals surface area contributed by atoms with Crippen LogP contribution in [0.3, 0.4) is 0 Å². The molecule has 0 spiro atoms. The number of hydrogen-bond donors (Lipinski definition) is 3. The highest BCUT2D eigenvalue weighted by molar-refractivity contribution is 7.80. The minimum atomic E-state index is -0.364. The molecule has 2 amide bonds. The van der Waals surface area contributed by atoms with Crippen LogP contribution in [0.2, 0.25) is 0 Å². The van der Waals surface area contributed by atoms with E-state index in [1.54, 1.807) is 30.3 Å². The molecule has 0 aromatic heterocycles. The first-order valence-corrected chi connectivity index (χ1v) is 9.21. The first kappa shape index (κ1) is 21.6. The van der Waals surface area contributed by atoms with Gasteiger partial charge in [-0.1, -0.05) is 45.3 Å². The highest BCUT2D eigenvalue weighted by atomic mass is 32.1. The molecular weight excluding hydrogens is 350 g/mol. The van der Waals surface area contributed by atoms with E-state index in [0.717, 1.165) is 19.3 Å². The molecule has 3 N–H and O–H groups in total. The summed E-state index contributed by atoms with van der Waals surface area (Å²) in [6, 6.07) is 6.65. The van der Waals surface area contributed by atoms with Gasteiger partial charge in [-0.15, -0.1) is 0 Å². The zero-order valence-corrected chi connectivity index (χ0v) is 16.0. The zero-order valence-electron chi connectivity index (χ0n) is 15.2. The largest absolute Gasteiger partial charge is 0.490 e. The van der Waals surface area contributed by atoms with Crippen LogP contribution < -0.4 is 20.9 Å². The second-order valence-corrected chi connectivity index (χ2v) is 6.15. The minimum Gasteiger partial charge on any atom is -0.490 e. The van der Waals surface area contributed by atoms with E-state index >= 15 is 0 Å². The average molecular weight is 378 g/mol. The number of amides is 2. The molecule has 0 fully saturated rings. The highest BCUT2D eigenvalue weighted by Crippen LogP contribution is 2.11. The number of nitrogens with one attached hydrogen (secondary N) is 3. The van der Waals surface area contributed by atoms with Crippen LogP contribution in [-0.4, -0.2) is 23.5 Å². The van der Waals surface area contributed by atoms with Crippen LogP contribution in [0.4, 0.5) is 0 Å². The summed E-state index contributed by atoms with van der Waals surface area (Å²) in [4.78, 5) is 23.8. The van der Waals surface area contributed by atoms with Crippen molar-refractivity contribution in [2.24, 2.45) is 0 Å². The van der Waals surface area contributed by atoms with Gasteiger partial charge < -0.3 is 10.1 Å². The summed E-state index contributed by atoms with van der Waals surface area (Å²) < 4.78 is 5.35. The Morgan fingerprint density at radius 3 is 2.46 bits per heavy atom. The normalized spacial score (nSPS) is 9.88. The standard InChI is InChI=1S/C19H27N3O3S/c1-3-5-6-7-8-9-17(23)20-19(26)22-21-18(24)15-10-12-16(13-11-15)25-14-4-2/h4,10-13H,2-3,5-9,14H2,1H3,(H,21,24)(H2,20,22,23,26). The number of hydrazine groups is 1. The smallest absolute Gasteiger partial charge is 0.269 e. The Morgan fingerprint density at radius 1 is 1.12 bits per heavy atom. The van der Waals surface area contributed by atoms with E-state index in [9.17, 15) is 9.59 Å². The highest BCUT2D eigenvalue weighted by Gasteiger charge is 2.08. The molecule has 0 radical (unpaired) electrons. The van der Waals surface area contributed by atoms with Gasteiger partial charge in [0.25, 0.3) is 5.91 Å². The zero-order chi connectivity index (χ0) is 19.2. The van der Waals surface area contributed by atoms with Crippen LogP contribution in [0.5, 0.6) is 5.75 Å². The summed E-state index contributed by atoms with van der Waals surface area (Å²) in [5.41, 5.74) is 5.41. The number of unbranched alkanes of at least 4 members (excludes halogenated alkanes) is 4. The van der Waals surface area contributed by atoms with Gasteiger partial charge in [0.1, 0.15) is 12.4 Å². The van der Waals surface area contributed by atoms with E-state index in [0.29, 0.717) is 24.3 Å². The van der Waals surface area contributed by atoms with Gasteiger partial charge in [0, 0.05) is 12.0 Å². The molecule has 1 rings (SSSR count). The fourth-order valence-corrected chi connectivity index (χ4v) is 2.32. The summed E-state index contributed by atoms with van der Waals surface area (Å²) >= 11 is 5.00. The number of benzene rings is 1. The summed E-state index contributed by atoms with van der Waals surface area (Å²) in [5.74, 6) is 0.129. The quantitative estimate of drug-likeness (QED) is 0.252. The molecule has 6 nitrogen and oxygen atoms in total. The molecule has 0 unspecified atom stereocenters. The minimum absolute atomic E-state index is 0.0721. The Kier molecular flexibility index (Phi) is 10.7. The van der Waals surface area contributed by atoms with Crippen LogP contribution in [0.25, 0.3) is 0 Å². The molecular formula is C19H27N3O3S. The van der Waals surface area contributed by atoms with E-state index in [1.165, 1.54) is 12.8 Å². The molecule has 0 aliphatic carbocycles. The van der Waals surface area contributed by atoms with E-state index in [1.807, 2.05) is 0 Å². The van der Waals surface area contributed by atoms with Crippen LogP contribution in [-0.2, 0) is 4.79 Å². The lowest BCUT2D eigenvalue weighted by molar-refractivity contribution is -0.119. The number of carbonyl (C=O) groups is 2. The predicted octanol–water partition coefficient (Wildman–Crippen LogP) is 3.25. The fraction of sp³-hybridized carbons (Fsp3) is 0.421. The molecule has 0 aliphatic heterocycles. The number of carbonyl (C=O) groups excluding carboxylic acids is 2. The molecule has 1 aromatic rings. The van der Waals surface area contributed by atoms with Gasteiger partial charge in [-0.3, -0.25) is 20.4 Å². The third kappa shape index (κ3) is 9.17. The van der Waals surface area contributed by atoms with Gasteiger partial charge in [0.15, 0.2) is 5.11 Å². The van der Waals surface area contributed by atoms with Crippen molar-refractivity contribution in [1.29, 1.82) is 0 Å². The number of ether oxygens (including phenoxy) is 1. The SMILES string of the molecule is C=CCOc1ccc(C(=O)NNC(=S)NC(=O)CCCCCCC)cc1. The number of rotatable bonds is 10. The van der Waals surface area contributed by atoms with E-state index in [-0.39, 0.29) is 16.9 Å². The van der Waals surface area contributed by atoms with Gasteiger partial charge in [-0.2, -0.15) is 0 Å². The first-order chi connectivity index (χ1) is 12.6. The van der Waals surface area contributed by atoms with E-state index < -0.39 is 0 Å². The lowest BCUT2D eigenvalue weighted by Crippen LogP contribution is -2.48. The van der Waals surface area contributed by atoms with Gasteiger partial charge in [0.2, 0.25) is 5.91 Å². The maximum absolute atomic E-state index is 12.0. The third-order valence-electron chi connectivity index (χ3n) is 3.53. The predicted molar refractivity (Wildman–Crippen MR) is 107 cm³/mol. The molecule has 0 saturated heterocycles. The maximum Gasteiger partial charge on any atom is 0.269 e. The van der Waals surface area contributed by atoms with Crippen molar-refractivity contribution >= 4 is 29.1 Å². The van der Waals surface area contributed by atoms with Gasteiger partial charge in [0.05, 0.1) is 0 Å². The molecule has 7 heteroatoms. The lowest BCUT2D eigenvalue weighted by atomic mass is 10.1.